The van der Waals surface area contributed by atoms with Crippen LogP contribution in [-0.2, 0) is 4.79 Å². The van der Waals surface area contributed by atoms with E-state index in [9.17, 15) is 4.79 Å². The SMILES string of the molecule is CN(C)CCN1CCN(C(=O)/C=C/c2cn(-c3ccccc3)nc2-c2ccccc2)CC1. The third kappa shape index (κ3) is 5.52. The van der Waals surface area contributed by atoms with E-state index in [-0.39, 0.29) is 5.91 Å². The molecule has 3 aromatic rings. The van der Waals surface area contributed by atoms with Gasteiger partial charge in [-0.1, -0.05) is 48.5 Å². The van der Waals surface area contributed by atoms with Crippen molar-refractivity contribution in [3.05, 3.63) is 78.5 Å². The first-order valence-corrected chi connectivity index (χ1v) is 11.1. The van der Waals surface area contributed by atoms with Gasteiger partial charge in [0.15, 0.2) is 0 Å². The minimum absolute atomic E-state index is 0.0590. The van der Waals surface area contributed by atoms with Crippen molar-refractivity contribution in [1.29, 1.82) is 0 Å². The standard InChI is InChI=1S/C26H31N5O/c1-28(2)15-16-29-17-19-30(20-18-29)25(32)14-13-23-21-31(24-11-7-4-8-12-24)27-26(23)22-9-5-3-6-10-22/h3-14,21H,15-20H2,1-2H3/b14-13+. The molecular weight excluding hydrogens is 398 g/mol. The van der Waals surface area contributed by atoms with Crippen molar-refractivity contribution in [2.75, 3.05) is 53.4 Å². The second kappa shape index (κ2) is 10.4. The normalized spacial score (nSPS) is 15.0. The molecule has 2 heterocycles. The fraction of sp³-hybridized carbons (Fsp3) is 0.308. The van der Waals surface area contributed by atoms with Crippen molar-refractivity contribution in [2.24, 2.45) is 0 Å². The van der Waals surface area contributed by atoms with Crippen LogP contribution in [-0.4, -0.2) is 83.8 Å². The Morgan fingerprint density at radius 3 is 2.28 bits per heavy atom. The summed E-state index contributed by atoms with van der Waals surface area (Å²) < 4.78 is 1.87. The maximum atomic E-state index is 12.9. The number of aromatic nitrogens is 2. The number of benzene rings is 2. The van der Waals surface area contributed by atoms with Crippen LogP contribution in [0.3, 0.4) is 0 Å². The third-order valence-corrected chi connectivity index (χ3v) is 5.76. The molecule has 1 fully saturated rings. The van der Waals surface area contributed by atoms with Crippen LogP contribution >= 0.6 is 0 Å². The van der Waals surface area contributed by atoms with E-state index in [2.05, 4.69) is 23.9 Å². The Balaban J connectivity index is 1.48. The number of piperazine rings is 1. The number of rotatable bonds is 7. The molecule has 0 N–H and O–H groups in total. The number of likely N-dealkylation sites (N-methyl/N-ethyl adjacent to an activating group) is 1. The molecule has 1 aromatic heterocycles. The van der Waals surface area contributed by atoms with Gasteiger partial charge in [0.05, 0.1) is 11.4 Å². The largest absolute Gasteiger partial charge is 0.337 e. The summed E-state index contributed by atoms with van der Waals surface area (Å²) in [6.45, 7) is 5.48. The summed E-state index contributed by atoms with van der Waals surface area (Å²) in [5, 5.41) is 4.82. The van der Waals surface area contributed by atoms with Crippen molar-refractivity contribution in [3.63, 3.8) is 0 Å². The highest BCUT2D eigenvalue weighted by Gasteiger charge is 2.19. The molecule has 1 amide bonds. The number of hydrogen-bond donors (Lipinski definition) is 0. The molecule has 0 spiro atoms. The smallest absolute Gasteiger partial charge is 0.246 e. The lowest BCUT2D eigenvalue weighted by Gasteiger charge is -2.34. The van der Waals surface area contributed by atoms with Crippen LogP contribution in [0.15, 0.2) is 72.9 Å². The van der Waals surface area contributed by atoms with Crippen LogP contribution in [0, 0.1) is 0 Å². The highest BCUT2D eigenvalue weighted by atomic mass is 16.2. The molecule has 32 heavy (non-hydrogen) atoms. The van der Waals surface area contributed by atoms with Gasteiger partial charge in [0.2, 0.25) is 5.91 Å². The van der Waals surface area contributed by atoms with Crippen LogP contribution in [0.2, 0.25) is 0 Å². The average molecular weight is 430 g/mol. The highest BCUT2D eigenvalue weighted by molar-refractivity contribution is 5.93. The maximum absolute atomic E-state index is 12.9. The second-order valence-corrected chi connectivity index (χ2v) is 8.38. The number of carbonyl (C=O) groups is 1. The van der Waals surface area contributed by atoms with E-state index in [1.54, 1.807) is 6.08 Å². The molecule has 0 atom stereocenters. The van der Waals surface area contributed by atoms with Crippen molar-refractivity contribution in [2.45, 2.75) is 0 Å². The van der Waals surface area contributed by atoms with Crippen molar-refractivity contribution in [3.8, 4) is 16.9 Å². The number of para-hydroxylation sites is 1. The lowest BCUT2D eigenvalue weighted by atomic mass is 10.1. The van der Waals surface area contributed by atoms with E-state index >= 15 is 0 Å². The fourth-order valence-electron chi connectivity index (χ4n) is 3.84. The molecule has 0 saturated carbocycles. The van der Waals surface area contributed by atoms with E-state index < -0.39 is 0 Å². The Hall–Kier alpha value is -3.22. The zero-order valence-electron chi connectivity index (χ0n) is 18.9. The van der Waals surface area contributed by atoms with Crippen molar-refractivity contribution >= 4 is 12.0 Å². The lowest BCUT2D eigenvalue weighted by molar-refractivity contribution is -0.127. The molecule has 1 aliphatic heterocycles. The van der Waals surface area contributed by atoms with Gasteiger partial charge in [-0.3, -0.25) is 9.69 Å². The van der Waals surface area contributed by atoms with Crippen molar-refractivity contribution in [1.82, 2.24) is 24.5 Å². The minimum Gasteiger partial charge on any atom is -0.337 e. The molecule has 0 unspecified atom stereocenters. The quantitative estimate of drug-likeness (QED) is 0.541. The van der Waals surface area contributed by atoms with Gasteiger partial charge >= 0.3 is 0 Å². The van der Waals surface area contributed by atoms with Crippen LogP contribution in [0.5, 0.6) is 0 Å². The summed E-state index contributed by atoms with van der Waals surface area (Å²) in [5.41, 5.74) is 3.82. The maximum Gasteiger partial charge on any atom is 0.246 e. The number of carbonyl (C=O) groups excluding carboxylic acids is 1. The fourth-order valence-corrected chi connectivity index (χ4v) is 3.84. The van der Waals surface area contributed by atoms with E-state index in [0.717, 1.165) is 61.8 Å². The van der Waals surface area contributed by atoms with Crippen molar-refractivity contribution < 1.29 is 4.79 Å². The van der Waals surface area contributed by atoms with Crippen LogP contribution < -0.4 is 0 Å². The molecule has 0 radical (unpaired) electrons. The first kappa shape index (κ1) is 22.0. The van der Waals surface area contributed by atoms with Crippen LogP contribution in [0.4, 0.5) is 0 Å². The van der Waals surface area contributed by atoms with Gasteiger partial charge in [-0.15, -0.1) is 0 Å². The van der Waals surface area contributed by atoms with Gasteiger partial charge in [0.25, 0.3) is 0 Å². The van der Waals surface area contributed by atoms with Gasteiger partial charge < -0.3 is 9.80 Å². The summed E-state index contributed by atoms with van der Waals surface area (Å²) >= 11 is 0. The van der Waals surface area contributed by atoms with Gasteiger partial charge in [-0.25, -0.2) is 4.68 Å². The second-order valence-electron chi connectivity index (χ2n) is 8.38. The summed E-state index contributed by atoms with van der Waals surface area (Å²) in [6.07, 6.45) is 5.57. The molecule has 6 nitrogen and oxygen atoms in total. The molecular formula is C26H31N5O. The Bertz CT molecular complexity index is 1030. The minimum atomic E-state index is 0.0590. The van der Waals surface area contributed by atoms with E-state index in [1.807, 2.05) is 82.5 Å². The molecule has 2 aromatic carbocycles. The zero-order valence-corrected chi connectivity index (χ0v) is 18.9. The molecule has 1 saturated heterocycles. The third-order valence-electron chi connectivity index (χ3n) is 5.76. The highest BCUT2D eigenvalue weighted by Crippen LogP contribution is 2.24. The van der Waals surface area contributed by atoms with Gasteiger partial charge in [0, 0.05) is 62.7 Å². The summed E-state index contributed by atoms with van der Waals surface area (Å²) in [4.78, 5) is 19.4. The summed E-state index contributed by atoms with van der Waals surface area (Å²) in [7, 11) is 4.18. The van der Waals surface area contributed by atoms with E-state index in [4.69, 9.17) is 5.10 Å². The summed E-state index contributed by atoms with van der Waals surface area (Å²) in [6, 6.07) is 20.1. The Labute approximate surface area is 190 Å². The number of hydrogen-bond acceptors (Lipinski definition) is 4. The molecule has 166 valence electrons. The predicted octanol–water partition coefficient (Wildman–Crippen LogP) is 3.26. The van der Waals surface area contributed by atoms with Gasteiger partial charge in [0.1, 0.15) is 0 Å². The predicted molar refractivity (Wildman–Crippen MR) is 130 cm³/mol. The Morgan fingerprint density at radius 1 is 0.969 bits per heavy atom. The lowest BCUT2D eigenvalue weighted by Crippen LogP contribution is -2.49. The number of nitrogens with zero attached hydrogens (tertiary/aromatic N) is 5. The van der Waals surface area contributed by atoms with Gasteiger partial charge in [-0.05, 0) is 32.3 Å². The molecule has 0 aliphatic carbocycles. The molecule has 1 aliphatic rings. The van der Waals surface area contributed by atoms with Crippen LogP contribution in [0.25, 0.3) is 23.0 Å². The van der Waals surface area contributed by atoms with E-state index in [1.165, 1.54) is 0 Å². The molecule has 4 rings (SSSR count). The van der Waals surface area contributed by atoms with Crippen LogP contribution in [0.1, 0.15) is 5.56 Å². The average Bonchev–Trinajstić information content (AvgIpc) is 3.27. The first-order chi connectivity index (χ1) is 15.6. The Morgan fingerprint density at radius 2 is 1.62 bits per heavy atom. The Kier molecular flexibility index (Phi) is 7.14. The van der Waals surface area contributed by atoms with Gasteiger partial charge in [-0.2, -0.15) is 5.10 Å². The summed E-state index contributed by atoms with van der Waals surface area (Å²) in [5.74, 6) is 0.0590. The van der Waals surface area contributed by atoms with E-state index in [0.29, 0.717) is 0 Å². The first-order valence-electron chi connectivity index (χ1n) is 11.1. The number of amides is 1. The molecule has 0 bridgehead atoms. The monoisotopic (exact) mass is 429 g/mol. The molecule has 6 heteroatoms. The zero-order chi connectivity index (χ0) is 22.3. The topological polar surface area (TPSA) is 44.6 Å².